The molecule has 0 saturated carbocycles. The molecule has 0 fully saturated rings. The maximum atomic E-state index is 3.21. The maximum Gasteiger partial charge on any atom is 0.0340 e. The monoisotopic (exact) mass is 186 g/mol. The van der Waals surface area contributed by atoms with E-state index < -0.39 is 0 Å². The van der Waals surface area contributed by atoms with Crippen molar-refractivity contribution in [1.29, 1.82) is 0 Å². The van der Waals surface area contributed by atoms with E-state index in [1.807, 2.05) is 0 Å². The van der Waals surface area contributed by atoms with E-state index in [9.17, 15) is 0 Å². The van der Waals surface area contributed by atoms with Gasteiger partial charge in [-0.25, -0.2) is 0 Å². The van der Waals surface area contributed by atoms with E-state index in [-0.39, 0.29) is 0 Å². The van der Waals surface area contributed by atoms with Gasteiger partial charge in [0.1, 0.15) is 0 Å². The van der Waals surface area contributed by atoms with Gasteiger partial charge in [0.2, 0.25) is 0 Å². The van der Waals surface area contributed by atoms with Crippen LogP contribution in [-0.2, 0) is 6.42 Å². The normalized spacial score (nSPS) is 9.29. The van der Waals surface area contributed by atoms with Crippen molar-refractivity contribution in [3.05, 3.63) is 35.4 Å². The lowest BCUT2D eigenvalue weighted by molar-refractivity contribution is 0.827. The van der Waals surface area contributed by atoms with Crippen LogP contribution in [0.5, 0.6) is 0 Å². The quantitative estimate of drug-likeness (QED) is 0.498. The fourth-order valence-electron chi connectivity index (χ4n) is 1.22. The summed E-state index contributed by atoms with van der Waals surface area (Å²) in [7, 11) is 0. The highest BCUT2D eigenvalue weighted by atomic mass is 13.9. The Morgan fingerprint density at radius 2 is 1.79 bits per heavy atom. The topological polar surface area (TPSA) is 0 Å². The summed E-state index contributed by atoms with van der Waals surface area (Å²) in [4.78, 5) is 0. The van der Waals surface area contributed by atoms with E-state index in [2.05, 4.69) is 50.0 Å². The Balaban J connectivity index is 2.36. The van der Waals surface area contributed by atoms with Crippen LogP contribution in [-0.4, -0.2) is 0 Å². The van der Waals surface area contributed by atoms with Crippen molar-refractivity contribution in [2.45, 2.75) is 39.5 Å². The molecular formula is C14H18. The van der Waals surface area contributed by atoms with Crippen molar-refractivity contribution in [3.63, 3.8) is 0 Å². The number of aryl methyl sites for hydroxylation is 1. The zero-order chi connectivity index (χ0) is 10.2. The molecule has 0 unspecified atom stereocenters. The molecule has 14 heavy (non-hydrogen) atoms. The maximum absolute atomic E-state index is 3.21. The Labute approximate surface area is 87.4 Å². The third kappa shape index (κ3) is 4.14. The fourth-order valence-corrected chi connectivity index (χ4v) is 1.22. The van der Waals surface area contributed by atoms with Crippen LogP contribution < -0.4 is 0 Å². The molecule has 0 aromatic heterocycles. The Hall–Kier alpha value is -1.22. The summed E-state index contributed by atoms with van der Waals surface area (Å²) in [6.07, 6.45) is 4.40. The molecule has 0 heteroatoms. The van der Waals surface area contributed by atoms with E-state index in [0.717, 1.165) is 12.8 Å². The largest absolute Gasteiger partial charge is 0.103 e. The lowest BCUT2D eigenvalue weighted by atomic mass is 10.1. The second kappa shape index (κ2) is 6.27. The summed E-state index contributed by atoms with van der Waals surface area (Å²) in [6.45, 7) is 4.30. The van der Waals surface area contributed by atoms with Crippen LogP contribution in [0.3, 0.4) is 0 Å². The standard InChI is InChI=1S/C14H18/c1-3-4-5-6-7-8-14-11-9-13(2)10-12-14/h9-12H,3-5,8H2,1-2H3. The van der Waals surface area contributed by atoms with E-state index >= 15 is 0 Å². The number of benzene rings is 1. The SMILES string of the molecule is CCCCC#CCc1ccc(C)cc1. The Morgan fingerprint density at radius 1 is 1.07 bits per heavy atom. The zero-order valence-electron chi connectivity index (χ0n) is 9.14. The summed E-state index contributed by atoms with van der Waals surface area (Å²) in [6, 6.07) is 8.60. The predicted octanol–water partition coefficient (Wildman–Crippen LogP) is 3.73. The van der Waals surface area contributed by atoms with Crippen LogP contribution in [0.25, 0.3) is 0 Å². The van der Waals surface area contributed by atoms with Crippen LogP contribution in [0.1, 0.15) is 37.3 Å². The van der Waals surface area contributed by atoms with Gasteiger partial charge in [0.25, 0.3) is 0 Å². The van der Waals surface area contributed by atoms with Gasteiger partial charge in [-0.15, -0.1) is 5.92 Å². The van der Waals surface area contributed by atoms with Crippen LogP contribution in [0.4, 0.5) is 0 Å². The van der Waals surface area contributed by atoms with Gasteiger partial charge in [0, 0.05) is 12.8 Å². The molecule has 0 N–H and O–H groups in total. The molecule has 0 atom stereocenters. The predicted molar refractivity (Wildman–Crippen MR) is 62.2 cm³/mol. The third-order valence-electron chi connectivity index (χ3n) is 2.19. The van der Waals surface area contributed by atoms with Crippen molar-refractivity contribution in [3.8, 4) is 11.8 Å². The van der Waals surface area contributed by atoms with Crippen LogP contribution >= 0.6 is 0 Å². The molecule has 74 valence electrons. The molecule has 0 nitrogen and oxygen atoms in total. The highest BCUT2D eigenvalue weighted by Crippen LogP contribution is 2.03. The van der Waals surface area contributed by atoms with Crippen LogP contribution in [0.15, 0.2) is 24.3 Å². The molecule has 0 bridgehead atoms. The van der Waals surface area contributed by atoms with Crippen molar-refractivity contribution in [2.24, 2.45) is 0 Å². The lowest BCUT2D eigenvalue weighted by Gasteiger charge is -1.95. The Morgan fingerprint density at radius 3 is 2.43 bits per heavy atom. The molecule has 0 radical (unpaired) electrons. The number of hydrogen-bond donors (Lipinski definition) is 0. The third-order valence-corrected chi connectivity index (χ3v) is 2.19. The number of hydrogen-bond acceptors (Lipinski definition) is 0. The van der Waals surface area contributed by atoms with Crippen LogP contribution in [0, 0.1) is 18.8 Å². The van der Waals surface area contributed by atoms with E-state index in [4.69, 9.17) is 0 Å². The first-order chi connectivity index (χ1) is 6.83. The van der Waals surface area contributed by atoms with E-state index in [1.165, 1.54) is 24.0 Å². The minimum Gasteiger partial charge on any atom is -0.103 e. The number of unbranched alkanes of at least 4 members (excludes halogenated alkanes) is 2. The summed E-state index contributed by atoms with van der Waals surface area (Å²) in [5, 5.41) is 0. The lowest BCUT2D eigenvalue weighted by Crippen LogP contribution is -1.81. The molecule has 0 aliphatic heterocycles. The zero-order valence-corrected chi connectivity index (χ0v) is 9.14. The fraction of sp³-hybridized carbons (Fsp3) is 0.429. The van der Waals surface area contributed by atoms with Gasteiger partial charge in [-0.2, -0.15) is 0 Å². The highest BCUT2D eigenvalue weighted by Gasteiger charge is 1.87. The van der Waals surface area contributed by atoms with Crippen molar-refractivity contribution >= 4 is 0 Å². The molecule has 0 aliphatic rings. The van der Waals surface area contributed by atoms with Gasteiger partial charge in [-0.05, 0) is 18.9 Å². The Kier molecular flexibility index (Phi) is 4.86. The molecule has 1 rings (SSSR count). The summed E-state index contributed by atoms with van der Waals surface area (Å²) < 4.78 is 0. The Bertz CT molecular complexity index is 308. The minimum atomic E-state index is 0.893. The average molecular weight is 186 g/mol. The van der Waals surface area contributed by atoms with Gasteiger partial charge in [-0.1, -0.05) is 49.1 Å². The molecule has 1 aromatic carbocycles. The minimum absolute atomic E-state index is 0.893. The van der Waals surface area contributed by atoms with Gasteiger partial charge in [0.15, 0.2) is 0 Å². The van der Waals surface area contributed by atoms with Gasteiger partial charge in [-0.3, -0.25) is 0 Å². The summed E-state index contributed by atoms with van der Waals surface area (Å²) in [5.41, 5.74) is 2.63. The highest BCUT2D eigenvalue weighted by molar-refractivity contribution is 5.24. The first-order valence-electron chi connectivity index (χ1n) is 5.34. The van der Waals surface area contributed by atoms with Crippen molar-refractivity contribution in [1.82, 2.24) is 0 Å². The summed E-state index contributed by atoms with van der Waals surface area (Å²) in [5.74, 6) is 6.41. The molecular weight excluding hydrogens is 168 g/mol. The van der Waals surface area contributed by atoms with Gasteiger partial charge >= 0.3 is 0 Å². The van der Waals surface area contributed by atoms with Gasteiger partial charge < -0.3 is 0 Å². The van der Waals surface area contributed by atoms with Crippen LogP contribution in [0.2, 0.25) is 0 Å². The first-order valence-corrected chi connectivity index (χ1v) is 5.34. The second-order valence-electron chi connectivity index (χ2n) is 3.62. The molecule has 0 spiro atoms. The average Bonchev–Trinajstić information content (AvgIpc) is 2.21. The molecule has 0 amide bonds. The number of rotatable bonds is 3. The van der Waals surface area contributed by atoms with Crippen molar-refractivity contribution < 1.29 is 0 Å². The van der Waals surface area contributed by atoms with Crippen molar-refractivity contribution in [2.75, 3.05) is 0 Å². The molecule has 0 aliphatic carbocycles. The smallest absolute Gasteiger partial charge is 0.0340 e. The molecule has 0 heterocycles. The van der Waals surface area contributed by atoms with E-state index in [1.54, 1.807) is 0 Å². The second-order valence-corrected chi connectivity index (χ2v) is 3.62. The first kappa shape index (κ1) is 10.9. The molecule has 0 saturated heterocycles. The molecule has 1 aromatic rings. The summed E-state index contributed by atoms with van der Waals surface area (Å²) >= 11 is 0. The van der Waals surface area contributed by atoms with Gasteiger partial charge in [0.05, 0.1) is 0 Å². The van der Waals surface area contributed by atoms with E-state index in [0.29, 0.717) is 0 Å².